The smallest absolute Gasteiger partial charge is 0.384 e. The Labute approximate surface area is 247 Å². The van der Waals surface area contributed by atoms with Crippen molar-refractivity contribution >= 4 is 11.8 Å². The second-order valence-electron chi connectivity index (χ2n) is 11.9. The molecule has 3 fully saturated rings. The van der Waals surface area contributed by atoms with Crippen LogP contribution >= 0.6 is 0 Å². The molecule has 12 heteroatoms. The number of pyridine rings is 1. The van der Waals surface area contributed by atoms with Crippen LogP contribution in [0.2, 0.25) is 0 Å². The first-order valence-electron chi connectivity index (χ1n) is 14.7. The van der Waals surface area contributed by atoms with E-state index in [4.69, 9.17) is 0 Å². The van der Waals surface area contributed by atoms with Crippen molar-refractivity contribution in [3.63, 3.8) is 0 Å². The topological polar surface area (TPSA) is 104 Å². The van der Waals surface area contributed by atoms with Crippen LogP contribution in [0.25, 0.3) is 11.4 Å². The number of likely N-dealkylation sites (tertiary alicyclic amines) is 2. The molecule has 0 radical (unpaired) electrons. The number of aromatic nitrogens is 3. The van der Waals surface area contributed by atoms with Crippen molar-refractivity contribution in [2.75, 3.05) is 19.6 Å². The highest BCUT2D eigenvalue weighted by molar-refractivity contribution is 5.96. The van der Waals surface area contributed by atoms with Crippen LogP contribution in [-0.2, 0) is 23.6 Å². The van der Waals surface area contributed by atoms with Gasteiger partial charge in [0.15, 0.2) is 0 Å². The van der Waals surface area contributed by atoms with E-state index in [1.165, 1.54) is 12.1 Å². The number of rotatable bonds is 6. The molecule has 1 aromatic carbocycles. The van der Waals surface area contributed by atoms with Crippen molar-refractivity contribution in [2.45, 2.75) is 68.4 Å². The number of aryl methyl sites for hydroxylation is 1. The normalized spacial score (nSPS) is 26.0. The maximum absolute atomic E-state index is 13.1. The average Bonchev–Trinajstić information content (AvgIpc) is 3.73. The molecule has 3 aliphatic rings. The second kappa shape index (κ2) is 11.4. The summed E-state index contributed by atoms with van der Waals surface area (Å²) in [5.74, 6) is -0.119. The first kappa shape index (κ1) is 29.3. The van der Waals surface area contributed by atoms with E-state index in [9.17, 15) is 27.9 Å². The molecular formula is C31H35F3N6O3. The zero-order valence-corrected chi connectivity index (χ0v) is 23.9. The minimum Gasteiger partial charge on any atom is -0.384 e. The van der Waals surface area contributed by atoms with Gasteiger partial charge in [-0.15, -0.1) is 0 Å². The number of alkyl halides is 3. The minimum absolute atomic E-state index is 0.0408. The van der Waals surface area contributed by atoms with Crippen molar-refractivity contribution in [3.8, 4) is 11.4 Å². The maximum atomic E-state index is 13.1. The van der Waals surface area contributed by atoms with Gasteiger partial charge in [0.1, 0.15) is 11.4 Å². The number of fused-ring (bicyclic) bond motifs is 1. The third kappa shape index (κ3) is 5.77. The highest BCUT2D eigenvalue weighted by Crippen LogP contribution is 2.42. The molecule has 4 heterocycles. The predicted molar refractivity (Wildman–Crippen MR) is 152 cm³/mol. The van der Waals surface area contributed by atoms with Gasteiger partial charge in [-0.1, -0.05) is 6.07 Å². The number of nitrogens with zero attached hydrogens (tertiary/aromatic N) is 5. The molecule has 1 saturated carbocycles. The first-order valence-corrected chi connectivity index (χ1v) is 14.7. The Hall–Kier alpha value is -3.77. The minimum atomic E-state index is -4.55. The number of nitrogens with one attached hydrogen (secondary N) is 1. The fourth-order valence-corrected chi connectivity index (χ4v) is 7.09. The van der Waals surface area contributed by atoms with Crippen molar-refractivity contribution in [1.82, 2.24) is 29.7 Å². The van der Waals surface area contributed by atoms with Crippen molar-refractivity contribution in [3.05, 3.63) is 71.8 Å². The van der Waals surface area contributed by atoms with Crippen LogP contribution in [0, 0.1) is 0 Å². The van der Waals surface area contributed by atoms with Crippen molar-refractivity contribution in [2.24, 2.45) is 7.05 Å². The predicted octanol–water partition coefficient (Wildman–Crippen LogP) is 3.74. The highest BCUT2D eigenvalue weighted by atomic mass is 19.4. The molecule has 2 amide bonds. The summed E-state index contributed by atoms with van der Waals surface area (Å²) in [6, 6.07) is 8.58. The Morgan fingerprint density at radius 1 is 1.05 bits per heavy atom. The summed E-state index contributed by atoms with van der Waals surface area (Å²) in [5, 5.41) is 14.0. The van der Waals surface area contributed by atoms with Gasteiger partial charge < -0.3 is 19.9 Å². The number of carbonyl (C=O) groups is 2. The number of benzene rings is 1. The summed E-state index contributed by atoms with van der Waals surface area (Å²) in [7, 11) is 1.93. The van der Waals surface area contributed by atoms with E-state index in [2.05, 4.69) is 20.2 Å². The molecule has 3 aromatic rings. The number of hydrogen-bond acceptors (Lipinski definition) is 6. The van der Waals surface area contributed by atoms with Gasteiger partial charge in [0.25, 0.3) is 5.91 Å². The molecular weight excluding hydrogens is 561 g/mol. The Morgan fingerprint density at radius 2 is 1.81 bits per heavy atom. The van der Waals surface area contributed by atoms with Crippen LogP contribution in [0.1, 0.15) is 60.1 Å². The number of halogens is 3. The number of hydrogen-bond donors (Lipinski definition) is 2. The summed E-state index contributed by atoms with van der Waals surface area (Å²) < 4.78 is 41.0. The Balaban J connectivity index is 1.02. The summed E-state index contributed by atoms with van der Waals surface area (Å²) in [6.45, 7) is 1.17. The molecule has 9 nitrogen and oxygen atoms in total. The highest BCUT2D eigenvalue weighted by Gasteiger charge is 2.48. The fourth-order valence-electron chi connectivity index (χ4n) is 7.09. The number of aliphatic hydroxyl groups is 1. The molecule has 2 unspecified atom stereocenters. The number of imidazole rings is 1. The van der Waals surface area contributed by atoms with E-state index < -0.39 is 23.2 Å². The zero-order valence-electron chi connectivity index (χ0n) is 23.9. The lowest BCUT2D eigenvalue weighted by atomic mass is 9.79. The van der Waals surface area contributed by atoms with E-state index >= 15 is 0 Å². The molecule has 2 aromatic heterocycles. The van der Waals surface area contributed by atoms with Gasteiger partial charge in [-0.2, -0.15) is 13.2 Å². The third-order valence-electron chi connectivity index (χ3n) is 9.36. The number of carbonyl (C=O) groups excluding carboxylic acids is 2. The van der Waals surface area contributed by atoms with Gasteiger partial charge in [0.05, 0.1) is 17.8 Å². The molecule has 0 bridgehead atoms. The lowest BCUT2D eigenvalue weighted by Crippen LogP contribution is -2.47. The first-order chi connectivity index (χ1) is 20.5. The summed E-state index contributed by atoms with van der Waals surface area (Å²) in [6.07, 6.45) is 5.33. The zero-order chi connectivity index (χ0) is 30.4. The van der Waals surface area contributed by atoms with Gasteiger partial charge >= 0.3 is 6.18 Å². The molecule has 2 atom stereocenters. The Morgan fingerprint density at radius 3 is 2.49 bits per heavy atom. The van der Waals surface area contributed by atoms with E-state index in [-0.39, 0.29) is 30.1 Å². The van der Waals surface area contributed by atoms with Crippen LogP contribution in [0.5, 0.6) is 0 Å². The SMILES string of the molecule is Cn1ccnc1-c1ccc(C2(O)CCC(N3CCC4C3CCN4C(=O)CNC(=O)c3cccc(C(F)(F)F)c3)CC2)nc1. The third-order valence-corrected chi connectivity index (χ3v) is 9.36. The van der Waals surface area contributed by atoms with Crippen LogP contribution in [0.3, 0.4) is 0 Å². The standard InChI is InChI=1S/C31H35F3N6O3/c1-38-16-13-35-28(38)21-5-6-26(36-18-21)30(43)11-7-23(8-12-30)39-14-9-25-24(39)10-15-40(25)27(41)19-37-29(42)20-3-2-4-22(17-20)31(32,33)34/h2-6,13,16-18,23-25,43H,7-12,14-15,19H2,1H3,(H,37,42). The van der Waals surface area contributed by atoms with Crippen molar-refractivity contribution in [1.29, 1.82) is 0 Å². The quantitative estimate of drug-likeness (QED) is 0.450. The fraction of sp³-hybridized carbons (Fsp3) is 0.484. The lowest BCUT2D eigenvalue weighted by Gasteiger charge is -2.41. The summed E-state index contributed by atoms with van der Waals surface area (Å²) >= 11 is 0. The Kier molecular flexibility index (Phi) is 7.76. The average molecular weight is 597 g/mol. The van der Waals surface area contributed by atoms with Gasteiger partial charge in [0, 0.05) is 68.0 Å². The van der Waals surface area contributed by atoms with E-state index in [0.717, 1.165) is 55.7 Å². The van der Waals surface area contributed by atoms with Crippen LogP contribution in [0.4, 0.5) is 13.2 Å². The second-order valence-corrected chi connectivity index (χ2v) is 11.9. The molecule has 43 heavy (non-hydrogen) atoms. The lowest BCUT2D eigenvalue weighted by molar-refractivity contribution is -0.137. The van der Waals surface area contributed by atoms with Crippen molar-refractivity contribution < 1.29 is 27.9 Å². The van der Waals surface area contributed by atoms with Crippen LogP contribution < -0.4 is 5.32 Å². The molecule has 228 valence electrons. The van der Waals surface area contributed by atoms with E-state index in [1.54, 1.807) is 12.4 Å². The van der Waals surface area contributed by atoms with Crippen LogP contribution in [0.15, 0.2) is 55.0 Å². The molecule has 2 N–H and O–H groups in total. The molecule has 1 aliphatic carbocycles. The monoisotopic (exact) mass is 596 g/mol. The largest absolute Gasteiger partial charge is 0.416 e. The molecule has 2 aliphatic heterocycles. The molecule has 6 rings (SSSR count). The van der Waals surface area contributed by atoms with Gasteiger partial charge in [0.2, 0.25) is 5.91 Å². The van der Waals surface area contributed by atoms with Gasteiger partial charge in [-0.3, -0.25) is 19.5 Å². The van der Waals surface area contributed by atoms with Crippen LogP contribution in [-0.4, -0.2) is 79.0 Å². The summed E-state index contributed by atoms with van der Waals surface area (Å²) in [4.78, 5) is 38.8. The maximum Gasteiger partial charge on any atom is 0.416 e. The summed E-state index contributed by atoms with van der Waals surface area (Å²) in [5.41, 5.74) is -0.452. The Bertz CT molecular complexity index is 1480. The number of amides is 2. The van der Waals surface area contributed by atoms with E-state index in [0.29, 0.717) is 31.1 Å². The van der Waals surface area contributed by atoms with Gasteiger partial charge in [-0.25, -0.2) is 4.98 Å². The van der Waals surface area contributed by atoms with Gasteiger partial charge in [-0.05, 0) is 68.9 Å². The molecule has 2 saturated heterocycles. The molecule has 0 spiro atoms. The van der Waals surface area contributed by atoms with E-state index in [1.807, 2.05) is 34.8 Å².